The Bertz CT molecular complexity index is 173. The molecule has 0 bridgehead atoms. The van der Waals surface area contributed by atoms with Gasteiger partial charge in [0.15, 0.2) is 0 Å². The van der Waals surface area contributed by atoms with Crippen LogP contribution in [0.3, 0.4) is 0 Å². The lowest BCUT2D eigenvalue weighted by Crippen LogP contribution is -2.43. The minimum atomic E-state index is -0.0607. The van der Waals surface area contributed by atoms with Crippen molar-refractivity contribution in [1.82, 2.24) is 5.32 Å². The maximum absolute atomic E-state index is 8.84. The van der Waals surface area contributed by atoms with E-state index in [1.807, 2.05) is 0 Å². The fourth-order valence-corrected chi connectivity index (χ4v) is 1.12. The average Bonchev–Trinajstić information content (AvgIpc) is 2.15. The van der Waals surface area contributed by atoms with Gasteiger partial charge in [-0.25, -0.2) is 0 Å². The van der Waals surface area contributed by atoms with E-state index in [2.05, 4.69) is 19.2 Å². The number of hydrogen-bond donors (Lipinski definition) is 2. The van der Waals surface area contributed by atoms with Crippen LogP contribution in [0.4, 0.5) is 0 Å². The number of hydrogen-bond acceptors (Lipinski definition) is 2. The minimum Gasteiger partial charge on any atom is -0.396 e. The molecular weight excluding hydrogens is 209 g/mol. The molecule has 2 nitrogen and oxygen atoms in total. The molecule has 0 aliphatic carbocycles. The molecule has 0 spiro atoms. The molecular formula is C9H17Cl2NO. The van der Waals surface area contributed by atoms with Crippen molar-refractivity contribution in [2.75, 3.05) is 13.2 Å². The molecule has 0 aromatic rings. The van der Waals surface area contributed by atoms with Crippen molar-refractivity contribution in [3.05, 3.63) is 10.6 Å². The van der Waals surface area contributed by atoms with Gasteiger partial charge in [-0.1, -0.05) is 30.1 Å². The molecule has 0 heterocycles. The summed E-state index contributed by atoms with van der Waals surface area (Å²) in [7, 11) is 0. The Morgan fingerprint density at radius 3 is 2.62 bits per heavy atom. The van der Waals surface area contributed by atoms with E-state index in [-0.39, 0.29) is 12.1 Å². The van der Waals surface area contributed by atoms with Crippen LogP contribution in [0.15, 0.2) is 10.6 Å². The molecule has 2 N–H and O–H groups in total. The Hall–Kier alpha value is 0.240. The minimum absolute atomic E-state index is 0.0607. The molecule has 0 saturated heterocycles. The molecule has 0 radical (unpaired) electrons. The van der Waals surface area contributed by atoms with E-state index in [1.165, 1.54) is 5.54 Å². The van der Waals surface area contributed by atoms with Crippen LogP contribution in [-0.2, 0) is 0 Å². The first-order valence-corrected chi connectivity index (χ1v) is 5.20. The molecule has 78 valence electrons. The fourth-order valence-electron chi connectivity index (χ4n) is 0.973. The largest absolute Gasteiger partial charge is 0.396 e. The van der Waals surface area contributed by atoms with Crippen molar-refractivity contribution in [3.63, 3.8) is 0 Å². The second kappa shape index (κ2) is 6.66. The third-order valence-electron chi connectivity index (χ3n) is 2.25. The second-order valence-electron chi connectivity index (χ2n) is 3.30. The first kappa shape index (κ1) is 13.2. The highest BCUT2D eigenvalue weighted by atomic mass is 35.5. The third kappa shape index (κ3) is 5.53. The van der Waals surface area contributed by atoms with Crippen molar-refractivity contribution in [3.8, 4) is 0 Å². The van der Waals surface area contributed by atoms with Crippen LogP contribution in [0, 0.1) is 0 Å². The first-order valence-electron chi connectivity index (χ1n) is 4.38. The second-order valence-corrected chi connectivity index (χ2v) is 4.00. The Balaban J connectivity index is 3.97. The Morgan fingerprint density at radius 1 is 1.62 bits per heavy atom. The topological polar surface area (TPSA) is 32.3 Å². The predicted molar refractivity (Wildman–Crippen MR) is 58.2 cm³/mol. The first-order chi connectivity index (χ1) is 6.08. The molecule has 0 saturated carbocycles. The van der Waals surface area contributed by atoms with Gasteiger partial charge in [-0.3, -0.25) is 0 Å². The number of rotatable bonds is 6. The summed E-state index contributed by atoms with van der Waals surface area (Å²) in [6, 6.07) is 0. The number of nitrogens with one attached hydrogen (secondary N) is 1. The van der Waals surface area contributed by atoms with Crippen molar-refractivity contribution >= 4 is 23.2 Å². The quantitative estimate of drug-likeness (QED) is 0.729. The molecule has 0 aromatic heterocycles. The lowest BCUT2D eigenvalue weighted by molar-refractivity contribution is 0.219. The molecule has 0 rings (SSSR count). The Morgan fingerprint density at radius 2 is 2.23 bits per heavy atom. The van der Waals surface area contributed by atoms with Crippen LogP contribution in [0.1, 0.15) is 26.7 Å². The zero-order chi connectivity index (χ0) is 10.3. The maximum atomic E-state index is 8.84. The third-order valence-corrected chi connectivity index (χ3v) is 2.86. The van der Waals surface area contributed by atoms with Crippen molar-refractivity contribution in [2.24, 2.45) is 0 Å². The van der Waals surface area contributed by atoms with E-state index >= 15 is 0 Å². The van der Waals surface area contributed by atoms with Gasteiger partial charge in [-0.15, -0.1) is 0 Å². The van der Waals surface area contributed by atoms with Gasteiger partial charge in [0.05, 0.1) is 0 Å². The van der Waals surface area contributed by atoms with Crippen LogP contribution in [0.25, 0.3) is 0 Å². The van der Waals surface area contributed by atoms with Crippen molar-refractivity contribution < 1.29 is 5.11 Å². The van der Waals surface area contributed by atoms with E-state index in [9.17, 15) is 0 Å². The van der Waals surface area contributed by atoms with Crippen LogP contribution in [0.5, 0.6) is 0 Å². The summed E-state index contributed by atoms with van der Waals surface area (Å²) in [5.74, 6) is 0. The summed E-state index contributed by atoms with van der Waals surface area (Å²) < 4.78 is 0. The van der Waals surface area contributed by atoms with Crippen LogP contribution >= 0.6 is 23.2 Å². The molecule has 1 atom stereocenters. The van der Waals surface area contributed by atoms with Gasteiger partial charge in [0.1, 0.15) is 0 Å². The van der Waals surface area contributed by atoms with Crippen LogP contribution in [0.2, 0.25) is 0 Å². The fraction of sp³-hybridized carbons (Fsp3) is 0.778. The van der Waals surface area contributed by atoms with E-state index in [0.717, 1.165) is 12.8 Å². The average molecular weight is 226 g/mol. The predicted octanol–water partition coefficient (Wildman–Crippen LogP) is 2.45. The van der Waals surface area contributed by atoms with E-state index in [0.29, 0.717) is 11.6 Å². The monoisotopic (exact) mass is 225 g/mol. The summed E-state index contributed by atoms with van der Waals surface area (Å²) in [5.41, 5.74) is 1.29. The lowest BCUT2D eigenvalue weighted by atomic mass is 9.95. The number of aliphatic hydroxyl groups excluding tert-OH is 1. The number of halogens is 2. The molecule has 0 fully saturated rings. The SMILES string of the molecule is CCC(C)(CCO)NCC(Cl)=CCl. The van der Waals surface area contributed by atoms with E-state index < -0.39 is 0 Å². The Kier molecular flexibility index (Phi) is 6.78. The van der Waals surface area contributed by atoms with Gasteiger partial charge in [0.2, 0.25) is 0 Å². The smallest absolute Gasteiger partial charge is 0.0448 e. The molecule has 0 amide bonds. The van der Waals surface area contributed by atoms with Crippen molar-refractivity contribution in [1.29, 1.82) is 0 Å². The Labute approximate surface area is 89.9 Å². The van der Waals surface area contributed by atoms with Crippen LogP contribution in [-0.4, -0.2) is 23.8 Å². The van der Waals surface area contributed by atoms with Gasteiger partial charge in [-0.05, 0) is 19.8 Å². The van der Waals surface area contributed by atoms with Gasteiger partial charge < -0.3 is 10.4 Å². The van der Waals surface area contributed by atoms with Gasteiger partial charge >= 0.3 is 0 Å². The van der Waals surface area contributed by atoms with Crippen LogP contribution < -0.4 is 5.32 Å². The van der Waals surface area contributed by atoms with Crippen molar-refractivity contribution in [2.45, 2.75) is 32.2 Å². The molecule has 13 heavy (non-hydrogen) atoms. The summed E-state index contributed by atoms with van der Waals surface area (Å²) in [6.45, 7) is 4.86. The number of aliphatic hydroxyl groups is 1. The van der Waals surface area contributed by atoms with Gasteiger partial charge in [-0.2, -0.15) is 0 Å². The molecule has 1 unspecified atom stereocenters. The molecule has 4 heteroatoms. The summed E-state index contributed by atoms with van der Waals surface area (Å²) >= 11 is 11.2. The highest BCUT2D eigenvalue weighted by Crippen LogP contribution is 2.14. The molecule has 0 aliphatic heterocycles. The van der Waals surface area contributed by atoms with E-state index in [4.69, 9.17) is 28.3 Å². The van der Waals surface area contributed by atoms with Gasteiger partial charge in [0, 0.05) is 29.3 Å². The summed E-state index contributed by atoms with van der Waals surface area (Å²) in [4.78, 5) is 0. The molecule has 0 aliphatic rings. The highest BCUT2D eigenvalue weighted by molar-refractivity contribution is 6.36. The molecule has 0 aromatic carbocycles. The standard InChI is InChI=1S/C9H17Cl2NO/c1-3-9(2,4-5-13)12-7-8(11)6-10/h6,12-13H,3-5,7H2,1-2H3. The van der Waals surface area contributed by atoms with E-state index in [1.54, 1.807) is 0 Å². The van der Waals surface area contributed by atoms with Gasteiger partial charge in [0.25, 0.3) is 0 Å². The zero-order valence-corrected chi connectivity index (χ0v) is 9.62. The highest BCUT2D eigenvalue weighted by Gasteiger charge is 2.20. The lowest BCUT2D eigenvalue weighted by Gasteiger charge is -2.28. The summed E-state index contributed by atoms with van der Waals surface area (Å²) in [6.07, 6.45) is 1.66. The normalized spacial score (nSPS) is 17.2. The zero-order valence-electron chi connectivity index (χ0n) is 8.11. The maximum Gasteiger partial charge on any atom is 0.0448 e. The summed E-state index contributed by atoms with van der Waals surface area (Å²) in [5, 5.41) is 12.7.